The number of aryl methyl sites for hydroxylation is 2. The molecule has 0 radical (unpaired) electrons. The second kappa shape index (κ2) is 6.70. The number of ether oxygens (including phenoxy) is 1. The fourth-order valence-electron chi connectivity index (χ4n) is 3.30. The smallest absolute Gasteiger partial charge is 0.332 e. The maximum atomic E-state index is 12.9. The molecule has 134 valence electrons. The SMILES string of the molecule is COc1c(C)cnc2c1c(=O)n(CC(=O)N1CCCCC1)c(=O)n2C. The number of piperidine rings is 1. The number of methoxy groups -OCH3 is 1. The van der Waals surface area contributed by atoms with E-state index >= 15 is 0 Å². The molecule has 0 bridgehead atoms. The van der Waals surface area contributed by atoms with E-state index in [1.54, 1.807) is 18.0 Å². The lowest BCUT2D eigenvalue weighted by atomic mass is 10.1. The van der Waals surface area contributed by atoms with Crippen molar-refractivity contribution >= 4 is 16.9 Å². The second-order valence-corrected chi connectivity index (χ2v) is 6.35. The number of pyridine rings is 1. The molecule has 1 aliphatic heterocycles. The lowest BCUT2D eigenvalue weighted by Crippen LogP contribution is -2.45. The first kappa shape index (κ1) is 17.2. The van der Waals surface area contributed by atoms with Crippen molar-refractivity contribution in [2.24, 2.45) is 7.05 Å². The van der Waals surface area contributed by atoms with Crippen LogP contribution in [0.4, 0.5) is 0 Å². The van der Waals surface area contributed by atoms with E-state index in [0.29, 0.717) is 24.4 Å². The third kappa shape index (κ3) is 2.92. The molecule has 1 saturated heterocycles. The van der Waals surface area contributed by atoms with Gasteiger partial charge in [0, 0.05) is 31.9 Å². The van der Waals surface area contributed by atoms with Crippen LogP contribution in [0.2, 0.25) is 0 Å². The molecule has 25 heavy (non-hydrogen) atoms. The summed E-state index contributed by atoms with van der Waals surface area (Å²) in [5.74, 6) is 0.169. The Bertz CT molecular complexity index is 938. The zero-order chi connectivity index (χ0) is 18.1. The highest BCUT2D eigenvalue weighted by atomic mass is 16.5. The number of carbonyl (C=O) groups excluding carboxylic acids is 1. The van der Waals surface area contributed by atoms with Crippen LogP contribution in [0.15, 0.2) is 15.8 Å². The number of amides is 1. The molecule has 8 heteroatoms. The van der Waals surface area contributed by atoms with Crippen molar-refractivity contribution in [2.45, 2.75) is 32.7 Å². The Hall–Kier alpha value is -2.64. The predicted molar refractivity (Wildman–Crippen MR) is 93.0 cm³/mol. The zero-order valence-electron chi connectivity index (χ0n) is 14.7. The van der Waals surface area contributed by atoms with Crippen LogP contribution in [0.1, 0.15) is 24.8 Å². The van der Waals surface area contributed by atoms with Crippen LogP contribution in [0, 0.1) is 6.92 Å². The van der Waals surface area contributed by atoms with Gasteiger partial charge in [0.2, 0.25) is 5.91 Å². The summed E-state index contributed by atoms with van der Waals surface area (Å²) in [5, 5.41) is 0.219. The lowest BCUT2D eigenvalue weighted by molar-refractivity contribution is -0.132. The van der Waals surface area contributed by atoms with Crippen LogP contribution < -0.4 is 16.0 Å². The Kier molecular flexibility index (Phi) is 4.61. The quantitative estimate of drug-likeness (QED) is 0.804. The van der Waals surface area contributed by atoms with E-state index in [-0.39, 0.29) is 23.5 Å². The molecule has 3 heterocycles. The Morgan fingerprint density at radius 2 is 1.92 bits per heavy atom. The van der Waals surface area contributed by atoms with E-state index in [1.165, 1.54) is 18.7 Å². The molecule has 2 aromatic heterocycles. The Morgan fingerprint density at radius 1 is 1.24 bits per heavy atom. The highest BCUT2D eigenvalue weighted by molar-refractivity contribution is 5.83. The molecule has 0 saturated carbocycles. The standard InChI is InChI=1S/C17H22N4O4/c1-11-9-18-15-13(14(11)25-3)16(23)21(17(24)19(15)2)10-12(22)20-7-5-4-6-8-20/h9H,4-8,10H2,1-3H3. The van der Waals surface area contributed by atoms with Gasteiger partial charge in [0.15, 0.2) is 5.65 Å². The van der Waals surface area contributed by atoms with Crippen LogP contribution in [0.3, 0.4) is 0 Å². The van der Waals surface area contributed by atoms with Crippen molar-refractivity contribution < 1.29 is 9.53 Å². The summed E-state index contributed by atoms with van der Waals surface area (Å²) in [4.78, 5) is 43.9. The molecule has 3 rings (SSSR count). The summed E-state index contributed by atoms with van der Waals surface area (Å²) in [7, 11) is 3.00. The number of aromatic nitrogens is 3. The fraction of sp³-hybridized carbons (Fsp3) is 0.529. The molecular formula is C17H22N4O4. The third-order valence-corrected chi connectivity index (χ3v) is 4.69. The third-order valence-electron chi connectivity index (χ3n) is 4.69. The lowest BCUT2D eigenvalue weighted by Gasteiger charge is -2.26. The molecule has 0 aliphatic carbocycles. The van der Waals surface area contributed by atoms with Crippen LogP contribution >= 0.6 is 0 Å². The van der Waals surface area contributed by atoms with Gasteiger partial charge in [-0.15, -0.1) is 0 Å². The first-order valence-electron chi connectivity index (χ1n) is 8.36. The van der Waals surface area contributed by atoms with Gasteiger partial charge in [0.25, 0.3) is 5.56 Å². The van der Waals surface area contributed by atoms with Crippen molar-refractivity contribution in [3.8, 4) is 5.75 Å². The Balaban J connectivity index is 2.13. The van der Waals surface area contributed by atoms with Gasteiger partial charge in [0.05, 0.1) is 7.11 Å². The summed E-state index contributed by atoms with van der Waals surface area (Å²) in [6, 6.07) is 0. The van der Waals surface area contributed by atoms with Gasteiger partial charge in [-0.1, -0.05) is 0 Å². The van der Waals surface area contributed by atoms with Crippen molar-refractivity contribution in [3.05, 3.63) is 32.6 Å². The van der Waals surface area contributed by atoms with E-state index in [1.807, 2.05) is 0 Å². The molecule has 0 spiro atoms. The molecule has 2 aromatic rings. The highest BCUT2D eigenvalue weighted by Crippen LogP contribution is 2.23. The average Bonchev–Trinajstić information content (AvgIpc) is 2.63. The molecule has 8 nitrogen and oxygen atoms in total. The van der Waals surface area contributed by atoms with E-state index in [4.69, 9.17) is 4.74 Å². The molecule has 1 aliphatic rings. The monoisotopic (exact) mass is 346 g/mol. The number of carbonyl (C=O) groups is 1. The second-order valence-electron chi connectivity index (χ2n) is 6.35. The number of hydrogen-bond donors (Lipinski definition) is 0. The van der Waals surface area contributed by atoms with E-state index in [2.05, 4.69) is 4.98 Å². The van der Waals surface area contributed by atoms with E-state index in [0.717, 1.165) is 23.8 Å². The minimum Gasteiger partial charge on any atom is -0.495 e. The van der Waals surface area contributed by atoms with Crippen LogP contribution in [0.5, 0.6) is 5.75 Å². The minimum atomic E-state index is -0.554. The Labute approximate surface area is 144 Å². The average molecular weight is 346 g/mol. The van der Waals surface area contributed by atoms with E-state index < -0.39 is 11.2 Å². The molecular weight excluding hydrogens is 324 g/mol. The molecule has 0 unspecified atom stereocenters. The van der Waals surface area contributed by atoms with Crippen LogP contribution in [-0.4, -0.2) is 45.1 Å². The molecule has 0 N–H and O–H groups in total. The highest BCUT2D eigenvalue weighted by Gasteiger charge is 2.22. The van der Waals surface area contributed by atoms with Gasteiger partial charge in [-0.05, 0) is 26.2 Å². The first-order valence-corrected chi connectivity index (χ1v) is 8.36. The normalized spacial score (nSPS) is 14.8. The number of rotatable bonds is 3. The van der Waals surface area contributed by atoms with Gasteiger partial charge < -0.3 is 9.64 Å². The van der Waals surface area contributed by atoms with Crippen molar-refractivity contribution in [1.82, 2.24) is 19.0 Å². The van der Waals surface area contributed by atoms with Crippen LogP contribution in [0.25, 0.3) is 11.0 Å². The maximum Gasteiger partial charge on any atom is 0.332 e. The number of nitrogens with zero attached hydrogens (tertiary/aromatic N) is 4. The number of hydrogen-bond acceptors (Lipinski definition) is 5. The topological polar surface area (TPSA) is 86.4 Å². The Morgan fingerprint density at radius 3 is 2.56 bits per heavy atom. The van der Waals surface area contributed by atoms with Gasteiger partial charge in [0.1, 0.15) is 17.7 Å². The summed E-state index contributed by atoms with van der Waals surface area (Å²) in [5.41, 5.74) is -0.156. The zero-order valence-corrected chi connectivity index (χ0v) is 14.7. The van der Waals surface area contributed by atoms with E-state index in [9.17, 15) is 14.4 Å². The first-order chi connectivity index (χ1) is 12.0. The maximum absolute atomic E-state index is 12.9. The summed E-state index contributed by atoms with van der Waals surface area (Å²) >= 11 is 0. The summed E-state index contributed by atoms with van der Waals surface area (Å²) in [6.07, 6.45) is 4.56. The molecule has 1 amide bonds. The number of likely N-dealkylation sites (tertiary alicyclic amines) is 1. The van der Waals surface area contributed by atoms with Gasteiger partial charge in [-0.25, -0.2) is 14.3 Å². The van der Waals surface area contributed by atoms with Gasteiger partial charge >= 0.3 is 5.69 Å². The molecule has 0 atom stereocenters. The summed E-state index contributed by atoms with van der Waals surface area (Å²) in [6.45, 7) is 2.86. The van der Waals surface area contributed by atoms with Crippen molar-refractivity contribution in [1.29, 1.82) is 0 Å². The summed E-state index contributed by atoms with van der Waals surface area (Å²) < 4.78 is 7.60. The number of fused-ring (bicyclic) bond motifs is 1. The minimum absolute atomic E-state index is 0.210. The largest absolute Gasteiger partial charge is 0.495 e. The van der Waals surface area contributed by atoms with Gasteiger partial charge in [-0.3, -0.25) is 14.2 Å². The van der Waals surface area contributed by atoms with Crippen LogP contribution in [-0.2, 0) is 18.4 Å². The fourth-order valence-corrected chi connectivity index (χ4v) is 3.30. The van der Waals surface area contributed by atoms with Crippen molar-refractivity contribution in [3.63, 3.8) is 0 Å². The molecule has 0 aromatic carbocycles. The molecule has 1 fully saturated rings. The van der Waals surface area contributed by atoms with Gasteiger partial charge in [-0.2, -0.15) is 0 Å². The predicted octanol–water partition coefficient (Wildman–Crippen LogP) is 0.425. The van der Waals surface area contributed by atoms with Crippen molar-refractivity contribution in [2.75, 3.05) is 20.2 Å².